The van der Waals surface area contributed by atoms with Crippen LogP contribution in [-0.2, 0) is 11.8 Å². The highest BCUT2D eigenvalue weighted by Gasteiger charge is 2.16. The number of fused-ring (bicyclic) bond motifs is 1. The Morgan fingerprint density at radius 3 is 2.91 bits per heavy atom. The molecule has 0 radical (unpaired) electrons. The third-order valence-corrected chi connectivity index (χ3v) is 4.29. The molecule has 0 bridgehead atoms. The zero-order valence-electron chi connectivity index (χ0n) is 13.8. The lowest BCUT2D eigenvalue weighted by molar-refractivity contribution is -0.0195. The molecular weight excluding hydrogens is 294 g/mol. The summed E-state index contributed by atoms with van der Waals surface area (Å²) < 4.78 is 7.53. The van der Waals surface area contributed by atoms with Crippen molar-refractivity contribution in [2.24, 2.45) is 7.05 Å². The molecule has 2 heterocycles. The van der Waals surface area contributed by atoms with Crippen LogP contribution in [0, 0.1) is 6.92 Å². The van der Waals surface area contributed by atoms with Gasteiger partial charge in [0.25, 0.3) is 0 Å². The van der Waals surface area contributed by atoms with Gasteiger partial charge in [0, 0.05) is 13.6 Å². The molecule has 2 aromatic rings. The Bertz CT molecular complexity index is 651. The van der Waals surface area contributed by atoms with E-state index < -0.39 is 6.10 Å². The minimum absolute atomic E-state index is 0.310. The lowest BCUT2D eigenvalue weighted by Crippen LogP contribution is -2.29. The minimum Gasteiger partial charge on any atom is -0.389 e. The Labute approximate surface area is 136 Å². The highest BCUT2D eigenvalue weighted by atomic mass is 16.5. The van der Waals surface area contributed by atoms with Gasteiger partial charge in [0.05, 0.1) is 30.4 Å². The second-order valence-corrected chi connectivity index (χ2v) is 6.25. The molecule has 0 spiro atoms. The molecule has 23 heavy (non-hydrogen) atoms. The predicted molar refractivity (Wildman–Crippen MR) is 88.4 cm³/mol. The lowest BCUT2D eigenvalue weighted by atomic mass is 9.98. The van der Waals surface area contributed by atoms with Crippen molar-refractivity contribution in [3.8, 4) is 0 Å². The van der Waals surface area contributed by atoms with Crippen LogP contribution in [0.3, 0.4) is 0 Å². The van der Waals surface area contributed by atoms with E-state index in [2.05, 4.69) is 20.4 Å². The molecule has 1 fully saturated rings. The van der Waals surface area contributed by atoms with E-state index >= 15 is 0 Å². The van der Waals surface area contributed by atoms with Gasteiger partial charge in [-0.3, -0.25) is 4.68 Å². The molecule has 2 N–H and O–H groups in total. The first kappa shape index (κ1) is 16.1. The van der Waals surface area contributed by atoms with Crippen molar-refractivity contribution in [2.75, 3.05) is 18.5 Å². The summed E-state index contributed by atoms with van der Waals surface area (Å²) in [5.74, 6) is 1.38. The first-order valence-electron chi connectivity index (χ1n) is 8.33. The summed E-state index contributed by atoms with van der Waals surface area (Å²) in [4.78, 5) is 8.79. The molecule has 0 aromatic carbocycles. The molecule has 0 amide bonds. The average Bonchev–Trinajstić information content (AvgIpc) is 2.93. The topological polar surface area (TPSA) is 85.1 Å². The Balaban J connectivity index is 1.55. The zero-order valence-corrected chi connectivity index (χ0v) is 13.8. The molecule has 1 aliphatic rings. The van der Waals surface area contributed by atoms with Gasteiger partial charge < -0.3 is 15.2 Å². The third-order valence-electron chi connectivity index (χ3n) is 4.29. The number of rotatable bonds is 6. The summed E-state index contributed by atoms with van der Waals surface area (Å²) in [6, 6.07) is 0. The summed E-state index contributed by atoms with van der Waals surface area (Å²) in [5.41, 5.74) is 0.785. The fourth-order valence-corrected chi connectivity index (χ4v) is 3.02. The van der Waals surface area contributed by atoms with Crippen LogP contribution in [0.15, 0.2) is 6.20 Å². The van der Waals surface area contributed by atoms with Crippen LogP contribution in [0.25, 0.3) is 11.0 Å². The number of aryl methyl sites for hydroxylation is 2. The van der Waals surface area contributed by atoms with Crippen LogP contribution in [0.1, 0.15) is 37.9 Å². The van der Waals surface area contributed by atoms with Gasteiger partial charge >= 0.3 is 0 Å². The van der Waals surface area contributed by atoms with Crippen molar-refractivity contribution in [3.63, 3.8) is 0 Å². The maximum Gasteiger partial charge on any atom is 0.163 e. The van der Waals surface area contributed by atoms with Crippen molar-refractivity contribution in [1.82, 2.24) is 19.7 Å². The van der Waals surface area contributed by atoms with Crippen molar-refractivity contribution in [2.45, 2.75) is 51.2 Å². The number of nitrogens with one attached hydrogen (secondary N) is 1. The van der Waals surface area contributed by atoms with Crippen LogP contribution < -0.4 is 5.32 Å². The molecule has 2 aromatic heterocycles. The predicted octanol–water partition coefficient (Wildman–Crippen LogP) is 1.79. The monoisotopic (exact) mass is 319 g/mol. The van der Waals surface area contributed by atoms with E-state index in [0.29, 0.717) is 30.9 Å². The first-order chi connectivity index (χ1) is 11.1. The van der Waals surface area contributed by atoms with Gasteiger partial charge in [-0.05, 0) is 19.8 Å². The molecule has 1 saturated carbocycles. The maximum atomic E-state index is 10.1. The van der Waals surface area contributed by atoms with E-state index in [1.165, 1.54) is 19.3 Å². The lowest BCUT2D eigenvalue weighted by Gasteiger charge is -2.23. The average molecular weight is 319 g/mol. The molecule has 126 valence electrons. The number of hydrogen-bond donors (Lipinski definition) is 2. The molecule has 0 unspecified atom stereocenters. The Morgan fingerprint density at radius 1 is 1.35 bits per heavy atom. The number of aliphatic hydroxyl groups is 1. The number of aliphatic hydroxyl groups excluding tert-OH is 1. The molecule has 1 atom stereocenters. The van der Waals surface area contributed by atoms with Gasteiger partial charge in [0.15, 0.2) is 5.65 Å². The number of ether oxygens (including phenoxy) is 1. The van der Waals surface area contributed by atoms with E-state index in [4.69, 9.17) is 4.74 Å². The third kappa shape index (κ3) is 3.97. The fourth-order valence-electron chi connectivity index (χ4n) is 3.02. The van der Waals surface area contributed by atoms with Gasteiger partial charge in [-0.2, -0.15) is 5.10 Å². The molecule has 1 aliphatic carbocycles. The maximum absolute atomic E-state index is 10.1. The Kier molecular flexibility index (Phi) is 5.07. The van der Waals surface area contributed by atoms with Crippen LogP contribution in [-0.4, -0.2) is 50.2 Å². The van der Waals surface area contributed by atoms with E-state index in [1.54, 1.807) is 10.9 Å². The fraction of sp³-hybridized carbons (Fsp3) is 0.688. The van der Waals surface area contributed by atoms with Crippen molar-refractivity contribution < 1.29 is 9.84 Å². The molecule has 3 rings (SSSR count). The molecule has 7 heteroatoms. The normalized spacial score (nSPS) is 17.5. The van der Waals surface area contributed by atoms with Crippen molar-refractivity contribution >= 4 is 16.9 Å². The molecule has 0 saturated heterocycles. The summed E-state index contributed by atoms with van der Waals surface area (Å²) in [6.07, 6.45) is 7.49. The summed E-state index contributed by atoms with van der Waals surface area (Å²) in [6.45, 7) is 2.60. The van der Waals surface area contributed by atoms with Crippen molar-refractivity contribution in [3.05, 3.63) is 12.0 Å². The highest BCUT2D eigenvalue weighted by Crippen LogP contribution is 2.21. The summed E-state index contributed by atoms with van der Waals surface area (Å²) in [5, 5.41) is 18.4. The van der Waals surface area contributed by atoms with E-state index in [0.717, 1.165) is 23.9 Å². The van der Waals surface area contributed by atoms with Gasteiger partial charge in [-0.1, -0.05) is 19.3 Å². The van der Waals surface area contributed by atoms with Gasteiger partial charge in [0.2, 0.25) is 0 Å². The SMILES string of the molecule is Cc1nc(NC[C@H](O)COC2CCCCC2)c2cnn(C)c2n1. The summed E-state index contributed by atoms with van der Waals surface area (Å²) in [7, 11) is 1.85. The molecular formula is C16H25N5O2. The van der Waals surface area contributed by atoms with Crippen LogP contribution in [0.4, 0.5) is 5.82 Å². The summed E-state index contributed by atoms with van der Waals surface area (Å²) >= 11 is 0. The Morgan fingerprint density at radius 2 is 2.13 bits per heavy atom. The van der Waals surface area contributed by atoms with Gasteiger partial charge in [-0.25, -0.2) is 9.97 Å². The first-order valence-corrected chi connectivity index (χ1v) is 8.33. The molecule has 7 nitrogen and oxygen atoms in total. The quantitative estimate of drug-likeness (QED) is 0.844. The molecule has 0 aliphatic heterocycles. The van der Waals surface area contributed by atoms with Crippen molar-refractivity contribution in [1.29, 1.82) is 0 Å². The number of hydrogen-bond acceptors (Lipinski definition) is 6. The second kappa shape index (κ2) is 7.23. The number of aromatic nitrogens is 4. The smallest absolute Gasteiger partial charge is 0.163 e. The van der Waals surface area contributed by atoms with Crippen LogP contribution >= 0.6 is 0 Å². The van der Waals surface area contributed by atoms with Gasteiger partial charge in [0.1, 0.15) is 11.6 Å². The zero-order chi connectivity index (χ0) is 16.2. The standard InChI is InChI=1S/C16H25N5O2/c1-11-19-15(14-9-18-21(2)16(14)20-11)17-8-12(22)10-23-13-6-4-3-5-7-13/h9,12-13,22H,3-8,10H2,1-2H3,(H,17,19,20)/t12-/m0/s1. The van der Waals surface area contributed by atoms with E-state index in [9.17, 15) is 5.11 Å². The minimum atomic E-state index is -0.557. The van der Waals surface area contributed by atoms with Crippen LogP contribution in [0.2, 0.25) is 0 Å². The van der Waals surface area contributed by atoms with E-state index in [-0.39, 0.29) is 0 Å². The van der Waals surface area contributed by atoms with E-state index in [1.807, 2.05) is 14.0 Å². The number of anilines is 1. The second-order valence-electron chi connectivity index (χ2n) is 6.25. The van der Waals surface area contributed by atoms with Crippen LogP contribution in [0.5, 0.6) is 0 Å². The Hall–Kier alpha value is -1.73. The number of nitrogens with zero attached hydrogens (tertiary/aromatic N) is 4. The largest absolute Gasteiger partial charge is 0.389 e. The highest BCUT2D eigenvalue weighted by molar-refractivity contribution is 5.86. The van der Waals surface area contributed by atoms with Gasteiger partial charge in [-0.15, -0.1) is 0 Å².